The van der Waals surface area contributed by atoms with Crippen molar-refractivity contribution in [3.05, 3.63) is 0 Å². The summed E-state index contributed by atoms with van der Waals surface area (Å²) in [4.78, 5) is 23.1. The fourth-order valence-corrected chi connectivity index (χ4v) is 3.96. The van der Waals surface area contributed by atoms with E-state index in [0.717, 1.165) is 77.7 Å². The molecule has 0 aliphatic carbocycles. The predicted octanol–water partition coefficient (Wildman–Crippen LogP) is 0.205. The lowest BCUT2D eigenvalue weighted by Gasteiger charge is -2.41. The van der Waals surface area contributed by atoms with Gasteiger partial charge in [0.25, 0.3) is 0 Å². The number of carbonyl (C=O) groups is 1. The molecule has 2 fully saturated rings. The van der Waals surface area contributed by atoms with Crippen molar-refractivity contribution >= 4 is 11.9 Å². The van der Waals surface area contributed by atoms with E-state index in [0.29, 0.717) is 0 Å². The lowest BCUT2D eigenvalue weighted by Crippen LogP contribution is -2.56. The van der Waals surface area contributed by atoms with E-state index in [1.54, 1.807) is 4.90 Å². The molecule has 0 aromatic rings. The number of nitrogens with one attached hydrogen (secondary N) is 2. The predicted molar refractivity (Wildman–Crippen MR) is 114 cm³/mol. The van der Waals surface area contributed by atoms with Crippen LogP contribution < -0.4 is 10.6 Å². The van der Waals surface area contributed by atoms with E-state index < -0.39 is 0 Å². The third kappa shape index (κ3) is 6.60. The fraction of sp³-hybridized carbons (Fsp3) is 0.900. The number of ether oxygens (including phenoxy) is 1. The van der Waals surface area contributed by atoms with Crippen LogP contribution in [0.4, 0.5) is 0 Å². The highest BCUT2D eigenvalue weighted by Gasteiger charge is 2.31. The molecule has 0 radical (unpaired) electrons. The number of morpholine rings is 1. The molecule has 8 heteroatoms. The molecule has 0 bridgehead atoms. The highest BCUT2D eigenvalue weighted by atomic mass is 16.5. The molecule has 2 N–H and O–H groups in total. The van der Waals surface area contributed by atoms with Crippen LogP contribution in [0.2, 0.25) is 0 Å². The zero-order valence-corrected chi connectivity index (χ0v) is 18.5. The van der Waals surface area contributed by atoms with Crippen molar-refractivity contribution in [2.45, 2.75) is 44.7 Å². The molecule has 2 rings (SSSR count). The topological polar surface area (TPSA) is 72.4 Å². The van der Waals surface area contributed by atoms with Crippen LogP contribution in [0.5, 0.6) is 0 Å². The van der Waals surface area contributed by atoms with Gasteiger partial charge in [0.2, 0.25) is 5.91 Å². The van der Waals surface area contributed by atoms with E-state index in [1.807, 2.05) is 21.1 Å². The van der Waals surface area contributed by atoms with Crippen molar-refractivity contribution in [2.24, 2.45) is 4.99 Å². The molecule has 1 unspecified atom stereocenters. The molecular formula is C20H40N6O2. The Labute approximate surface area is 170 Å². The molecule has 2 heterocycles. The van der Waals surface area contributed by atoms with Crippen LogP contribution in [0, 0.1) is 0 Å². The lowest BCUT2D eigenvalue weighted by atomic mass is 10.0. The molecule has 2 aliphatic rings. The third-order valence-corrected chi connectivity index (χ3v) is 5.78. The number of hydrogen-bond acceptors (Lipinski definition) is 5. The molecule has 0 aromatic heterocycles. The Bertz CT molecular complexity index is 517. The Morgan fingerprint density at radius 3 is 2.57 bits per heavy atom. The van der Waals surface area contributed by atoms with Crippen LogP contribution in [0.15, 0.2) is 4.99 Å². The normalized spacial score (nSPS) is 22.3. The number of aliphatic imine (C=N–C) groups is 1. The van der Waals surface area contributed by atoms with E-state index in [-0.39, 0.29) is 17.5 Å². The molecular weight excluding hydrogens is 356 g/mol. The summed E-state index contributed by atoms with van der Waals surface area (Å²) in [5.41, 5.74) is 0.0523. The van der Waals surface area contributed by atoms with Crippen molar-refractivity contribution in [1.82, 2.24) is 25.3 Å². The van der Waals surface area contributed by atoms with E-state index in [4.69, 9.17) is 4.74 Å². The van der Waals surface area contributed by atoms with Crippen LogP contribution >= 0.6 is 0 Å². The molecule has 8 nitrogen and oxygen atoms in total. The van der Waals surface area contributed by atoms with Gasteiger partial charge in [-0.15, -0.1) is 0 Å². The fourth-order valence-electron chi connectivity index (χ4n) is 3.96. The Morgan fingerprint density at radius 1 is 1.21 bits per heavy atom. The Hall–Kier alpha value is -1.38. The number of hydrogen-bond donors (Lipinski definition) is 2. The van der Waals surface area contributed by atoms with Crippen LogP contribution in [0.3, 0.4) is 0 Å². The molecule has 0 aromatic carbocycles. The minimum Gasteiger partial charge on any atom is -0.379 e. The third-order valence-electron chi connectivity index (χ3n) is 5.78. The average Bonchev–Trinajstić information content (AvgIpc) is 3.15. The summed E-state index contributed by atoms with van der Waals surface area (Å²) >= 11 is 0. The SMILES string of the molecule is CN=C(NCCCN1CCCC1C(=O)N(C)C)NCC(C)(C)N1CCOCC1. The van der Waals surface area contributed by atoms with Crippen LogP contribution in [-0.4, -0.2) is 112 Å². The first-order chi connectivity index (χ1) is 13.3. The van der Waals surface area contributed by atoms with Gasteiger partial charge in [-0.1, -0.05) is 0 Å². The smallest absolute Gasteiger partial charge is 0.239 e. The summed E-state index contributed by atoms with van der Waals surface area (Å²) in [5.74, 6) is 1.07. The van der Waals surface area contributed by atoms with Gasteiger partial charge in [0, 0.05) is 59.4 Å². The first-order valence-corrected chi connectivity index (χ1v) is 10.6. The molecule has 1 amide bonds. The number of guanidine groups is 1. The van der Waals surface area contributed by atoms with Crippen molar-refractivity contribution < 1.29 is 9.53 Å². The summed E-state index contributed by atoms with van der Waals surface area (Å²) in [5, 5.41) is 6.87. The van der Waals surface area contributed by atoms with Gasteiger partial charge in [-0.05, 0) is 39.7 Å². The number of amides is 1. The maximum atomic E-state index is 12.3. The first kappa shape index (κ1) is 22.9. The number of carbonyl (C=O) groups excluding carboxylic acids is 1. The average molecular weight is 397 g/mol. The van der Waals surface area contributed by atoms with Gasteiger partial charge < -0.3 is 20.3 Å². The molecule has 28 heavy (non-hydrogen) atoms. The number of likely N-dealkylation sites (tertiary alicyclic amines) is 1. The highest BCUT2D eigenvalue weighted by Crippen LogP contribution is 2.18. The van der Waals surface area contributed by atoms with Gasteiger partial charge in [-0.25, -0.2) is 0 Å². The van der Waals surface area contributed by atoms with Crippen molar-refractivity contribution in [3.8, 4) is 0 Å². The molecule has 162 valence electrons. The van der Waals surface area contributed by atoms with E-state index in [9.17, 15) is 4.79 Å². The Kier molecular flexibility index (Phi) is 8.98. The van der Waals surface area contributed by atoms with E-state index >= 15 is 0 Å². The van der Waals surface area contributed by atoms with Gasteiger partial charge in [0.15, 0.2) is 5.96 Å². The van der Waals surface area contributed by atoms with Gasteiger partial charge in [-0.2, -0.15) is 0 Å². The van der Waals surface area contributed by atoms with E-state index in [2.05, 4.69) is 39.3 Å². The van der Waals surface area contributed by atoms with Crippen LogP contribution in [0.25, 0.3) is 0 Å². The maximum Gasteiger partial charge on any atom is 0.239 e. The zero-order chi connectivity index (χ0) is 20.6. The Balaban J connectivity index is 1.69. The quantitative estimate of drug-likeness (QED) is 0.347. The molecule has 1 atom stereocenters. The summed E-state index contributed by atoms with van der Waals surface area (Å²) in [7, 11) is 5.49. The van der Waals surface area contributed by atoms with Gasteiger partial charge in [0.1, 0.15) is 0 Å². The standard InChI is InChI=1S/C20H40N6O2/c1-20(2,26-12-14-28-15-13-26)16-23-19(21-3)22-9-7-11-25-10-6-8-17(25)18(27)24(4)5/h17H,6-16H2,1-5H3,(H2,21,22,23). The monoisotopic (exact) mass is 396 g/mol. The van der Waals surface area contributed by atoms with Crippen molar-refractivity contribution in [3.63, 3.8) is 0 Å². The summed E-state index contributed by atoms with van der Waals surface area (Å²) in [6.45, 7) is 11.7. The van der Waals surface area contributed by atoms with E-state index in [1.165, 1.54) is 0 Å². The van der Waals surface area contributed by atoms with Crippen LogP contribution in [-0.2, 0) is 9.53 Å². The van der Waals surface area contributed by atoms with Gasteiger partial charge in [0.05, 0.1) is 19.3 Å². The van der Waals surface area contributed by atoms with Gasteiger partial charge >= 0.3 is 0 Å². The molecule has 2 saturated heterocycles. The zero-order valence-electron chi connectivity index (χ0n) is 18.5. The minimum atomic E-state index is 0.0523. The lowest BCUT2D eigenvalue weighted by molar-refractivity contribution is -0.133. The second-order valence-corrected chi connectivity index (χ2v) is 8.54. The molecule has 0 spiro atoms. The largest absolute Gasteiger partial charge is 0.379 e. The summed E-state index contributed by atoms with van der Waals surface area (Å²) in [6.07, 6.45) is 3.08. The highest BCUT2D eigenvalue weighted by molar-refractivity contribution is 5.81. The van der Waals surface area contributed by atoms with Crippen molar-refractivity contribution in [2.75, 3.05) is 73.6 Å². The number of rotatable bonds is 8. The minimum absolute atomic E-state index is 0.0523. The molecule has 0 saturated carbocycles. The van der Waals surface area contributed by atoms with Gasteiger partial charge in [-0.3, -0.25) is 19.6 Å². The van der Waals surface area contributed by atoms with Crippen molar-refractivity contribution in [1.29, 1.82) is 0 Å². The number of nitrogens with zero attached hydrogens (tertiary/aromatic N) is 4. The summed E-state index contributed by atoms with van der Waals surface area (Å²) < 4.78 is 5.46. The Morgan fingerprint density at radius 2 is 1.93 bits per heavy atom. The van der Waals surface area contributed by atoms with Crippen LogP contribution in [0.1, 0.15) is 33.1 Å². The summed E-state index contributed by atoms with van der Waals surface area (Å²) in [6, 6.07) is 0.0572. The molecule has 2 aliphatic heterocycles. The maximum absolute atomic E-state index is 12.3. The first-order valence-electron chi connectivity index (χ1n) is 10.6. The second kappa shape index (κ2) is 11.0. The number of likely N-dealkylation sites (N-methyl/N-ethyl adjacent to an activating group) is 1. The second-order valence-electron chi connectivity index (χ2n) is 8.54.